The number of hydrogen-bond acceptors (Lipinski definition) is 4. The number of aromatic nitrogens is 2. The summed E-state index contributed by atoms with van der Waals surface area (Å²) in [5.41, 5.74) is 2.42. The van der Waals surface area contributed by atoms with E-state index in [1.54, 1.807) is 24.7 Å². The molecule has 3 N–H and O–H groups in total. The highest BCUT2D eigenvalue weighted by molar-refractivity contribution is 5.95. The van der Waals surface area contributed by atoms with Gasteiger partial charge in [0.05, 0.1) is 12.5 Å². The molecule has 0 radical (unpaired) electrons. The lowest BCUT2D eigenvalue weighted by molar-refractivity contribution is 0.0939. The van der Waals surface area contributed by atoms with Crippen LogP contribution in [0.3, 0.4) is 0 Å². The zero-order valence-corrected chi connectivity index (χ0v) is 13.1. The number of hydrogen-bond donors (Lipinski definition) is 3. The minimum Gasteiger partial charge on any atom is -0.469 e. The Morgan fingerprint density at radius 3 is 2.92 bits per heavy atom. The summed E-state index contributed by atoms with van der Waals surface area (Å²) in [5.74, 6) is 0.542. The highest BCUT2D eigenvalue weighted by Gasteiger charge is 2.13. The number of amides is 1. The molecule has 0 aliphatic heterocycles. The van der Waals surface area contributed by atoms with Crippen LogP contribution in [0.2, 0.25) is 0 Å². The first-order valence-electron chi connectivity index (χ1n) is 7.77. The molecule has 1 atom stereocenters. The van der Waals surface area contributed by atoms with E-state index >= 15 is 0 Å². The first-order chi connectivity index (χ1) is 11.8. The summed E-state index contributed by atoms with van der Waals surface area (Å²) in [5, 5.41) is 19.0. The van der Waals surface area contributed by atoms with Gasteiger partial charge in [-0.3, -0.25) is 9.89 Å². The lowest BCUT2D eigenvalue weighted by Crippen LogP contribution is -2.31. The molecule has 0 aliphatic carbocycles. The number of furan rings is 1. The molecular weight excluding hydrogens is 306 g/mol. The third kappa shape index (κ3) is 3.91. The van der Waals surface area contributed by atoms with E-state index in [-0.39, 0.29) is 18.4 Å². The van der Waals surface area contributed by atoms with Gasteiger partial charge in [0.15, 0.2) is 0 Å². The van der Waals surface area contributed by atoms with Gasteiger partial charge in [-0.1, -0.05) is 12.1 Å². The smallest absolute Gasteiger partial charge is 0.251 e. The summed E-state index contributed by atoms with van der Waals surface area (Å²) in [6, 6.07) is 11.0. The number of carbonyl (C=O) groups is 1. The third-order valence-electron chi connectivity index (χ3n) is 3.84. The number of H-pyrrole nitrogens is 1. The molecule has 0 spiro atoms. The number of nitrogens with zero attached hydrogens (tertiary/aromatic N) is 1. The number of aliphatic hydroxyl groups is 1. The Morgan fingerprint density at radius 2 is 2.21 bits per heavy atom. The van der Waals surface area contributed by atoms with Crippen LogP contribution in [0.5, 0.6) is 0 Å². The molecule has 2 aromatic heterocycles. The highest BCUT2D eigenvalue weighted by atomic mass is 16.3. The van der Waals surface area contributed by atoms with Gasteiger partial charge in [-0.25, -0.2) is 0 Å². The molecule has 0 aliphatic rings. The fraction of sp³-hybridized carbons (Fsp3) is 0.222. The van der Waals surface area contributed by atoms with Crippen LogP contribution in [0.4, 0.5) is 0 Å². The van der Waals surface area contributed by atoms with Gasteiger partial charge in [-0.2, -0.15) is 5.10 Å². The number of rotatable bonds is 7. The molecule has 3 aromatic rings. The molecule has 1 amide bonds. The SMILES string of the molecule is O=C(NC[C@@H](CO)Cc1ccco1)c1cccc(-c2cn[nH]c2)c1. The molecule has 6 heteroatoms. The maximum Gasteiger partial charge on any atom is 0.251 e. The van der Waals surface area contributed by atoms with Crippen molar-refractivity contribution in [2.24, 2.45) is 5.92 Å². The van der Waals surface area contributed by atoms with Gasteiger partial charge in [-0.15, -0.1) is 0 Å². The van der Waals surface area contributed by atoms with E-state index in [1.807, 2.05) is 30.3 Å². The Kier molecular flexibility index (Phi) is 5.08. The molecule has 0 fully saturated rings. The van der Waals surface area contributed by atoms with E-state index in [1.165, 1.54) is 0 Å². The lowest BCUT2D eigenvalue weighted by atomic mass is 10.0. The topological polar surface area (TPSA) is 91.2 Å². The number of aromatic amines is 1. The zero-order chi connectivity index (χ0) is 16.8. The normalized spacial score (nSPS) is 12.0. The molecule has 0 saturated heterocycles. The van der Waals surface area contributed by atoms with Crippen LogP contribution in [0.1, 0.15) is 16.1 Å². The molecular formula is C18H19N3O3. The van der Waals surface area contributed by atoms with Crippen LogP contribution in [-0.2, 0) is 6.42 Å². The summed E-state index contributed by atoms with van der Waals surface area (Å²) in [7, 11) is 0. The molecule has 0 unspecified atom stereocenters. The monoisotopic (exact) mass is 325 g/mol. The van der Waals surface area contributed by atoms with Gasteiger partial charge in [0.2, 0.25) is 0 Å². The van der Waals surface area contributed by atoms with Crippen LogP contribution in [0.25, 0.3) is 11.1 Å². The van der Waals surface area contributed by atoms with Crippen molar-refractivity contribution in [2.75, 3.05) is 13.2 Å². The zero-order valence-electron chi connectivity index (χ0n) is 13.1. The van der Waals surface area contributed by atoms with Crippen molar-refractivity contribution in [1.82, 2.24) is 15.5 Å². The van der Waals surface area contributed by atoms with Crippen molar-refractivity contribution in [1.29, 1.82) is 0 Å². The van der Waals surface area contributed by atoms with E-state index in [4.69, 9.17) is 4.42 Å². The lowest BCUT2D eigenvalue weighted by Gasteiger charge is -2.14. The van der Waals surface area contributed by atoms with E-state index in [9.17, 15) is 9.90 Å². The maximum atomic E-state index is 12.3. The van der Waals surface area contributed by atoms with Gasteiger partial charge in [-0.05, 0) is 29.8 Å². The quantitative estimate of drug-likeness (QED) is 0.621. The number of carbonyl (C=O) groups excluding carboxylic acids is 1. The predicted octanol–water partition coefficient (Wildman–Crippen LogP) is 2.25. The second-order valence-corrected chi connectivity index (χ2v) is 5.61. The van der Waals surface area contributed by atoms with E-state index in [0.717, 1.165) is 16.9 Å². The summed E-state index contributed by atoms with van der Waals surface area (Å²) in [6.45, 7) is 0.363. The number of nitrogens with one attached hydrogen (secondary N) is 2. The van der Waals surface area contributed by atoms with Crippen LogP contribution >= 0.6 is 0 Å². The summed E-state index contributed by atoms with van der Waals surface area (Å²) in [4.78, 5) is 12.3. The van der Waals surface area contributed by atoms with Crippen molar-refractivity contribution < 1.29 is 14.3 Å². The van der Waals surface area contributed by atoms with Crippen molar-refractivity contribution >= 4 is 5.91 Å². The summed E-state index contributed by atoms with van der Waals surface area (Å²) < 4.78 is 5.28. The van der Waals surface area contributed by atoms with Crippen molar-refractivity contribution in [2.45, 2.75) is 6.42 Å². The van der Waals surface area contributed by atoms with Crippen molar-refractivity contribution in [3.63, 3.8) is 0 Å². The van der Waals surface area contributed by atoms with Crippen LogP contribution in [-0.4, -0.2) is 34.4 Å². The molecule has 6 nitrogen and oxygen atoms in total. The Hall–Kier alpha value is -2.86. The minimum absolute atomic E-state index is 0.0178. The Balaban J connectivity index is 1.61. The molecule has 3 rings (SSSR count). The first kappa shape index (κ1) is 16.0. The average molecular weight is 325 g/mol. The Bertz CT molecular complexity index is 767. The molecule has 124 valence electrons. The maximum absolute atomic E-state index is 12.3. The fourth-order valence-corrected chi connectivity index (χ4v) is 2.50. The second kappa shape index (κ2) is 7.61. The molecule has 24 heavy (non-hydrogen) atoms. The second-order valence-electron chi connectivity index (χ2n) is 5.61. The van der Waals surface area contributed by atoms with Gasteiger partial charge < -0.3 is 14.8 Å². The van der Waals surface area contributed by atoms with Crippen LogP contribution in [0, 0.1) is 5.92 Å². The van der Waals surface area contributed by atoms with Gasteiger partial charge >= 0.3 is 0 Å². The predicted molar refractivity (Wildman–Crippen MR) is 89.3 cm³/mol. The third-order valence-corrected chi connectivity index (χ3v) is 3.84. The summed E-state index contributed by atoms with van der Waals surface area (Å²) >= 11 is 0. The van der Waals surface area contributed by atoms with Crippen molar-refractivity contribution in [3.05, 3.63) is 66.4 Å². The standard InChI is InChI=1S/C18H19N3O3/c22-12-13(7-17-5-2-6-24-17)9-19-18(23)15-4-1-3-14(8-15)16-10-20-21-11-16/h1-6,8,10-11,13,22H,7,9,12H2,(H,19,23)(H,20,21)/t13-/m0/s1. The van der Waals surface area contributed by atoms with Gasteiger partial charge in [0.25, 0.3) is 5.91 Å². The molecule has 2 heterocycles. The average Bonchev–Trinajstić information content (AvgIpc) is 3.32. The number of benzene rings is 1. The fourth-order valence-electron chi connectivity index (χ4n) is 2.50. The van der Waals surface area contributed by atoms with Crippen LogP contribution < -0.4 is 5.32 Å². The number of aliphatic hydroxyl groups excluding tert-OH is 1. The van der Waals surface area contributed by atoms with E-state index < -0.39 is 0 Å². The largest absolute Gasteiger partial charge is 0.469 e. The van der Waals surface area contributed by atoms with Gasteiger partial charge in [0, 0.05) is 42.8 Å². The first-order valence-corrected chi connectivity index (χ1v) is 7.77. The molecule has 0 saturated carbocycles. The highest BCUT2D eigenvalue weighted by Crippen LogP contribution is 2.18. The van der Waals surface area contributed by atoms with Crippen molar-refractivity contribution in [3.8, 4) is 11.1 Å². The molecule has 0 bridgehead atoms. The van der Waals surface area contributed by atoms with E-state index in [0.29, 0.717) is 18.5 Å². The van der Waals surface area contributed by atoms with Crippen LogP contribution in [0.15, 0.2) is 59.5 Å². The summed E-state index contributed by atoms with van der Waals surface area (Å²) in [6.07, 6.45) is 5.67. The van der Waals surface area contributed by atoms with E-state index in [2.05, 4.69) is 15.5 Å². The minimum atomic E-state index is -0.168. The molecule has 1 aromatic carbocycles. The Morgan fingerprint density at radius 1 is 1.29 bits per heavy atom. The van der Waals surface area contributed by atoms with Gasteiger partial charge in [0.1, 0.15) is 5.76 Å². The Labute approximate surface area is 139 Å².